The molecule has 0 radical (unpaired) electrons. The average molecular weight is 352 g/mol. The van der Waals surface area contributed by atoms with Gasteiger partial charge in [-0.05, 0) is 39.0 Å². The molecule has 1 aliphatic rings. The first-order valence-electron chi connectivity index (χ1n) is 10.9. The first-order valence-corrected chi connectivity index (χ1v) is 10.9. The molecule has 0 aromatic carbocycles. The van der Waals surface area contributed by atoms with Crippen molar-refractivity contribution >= 4 is 5.84 Å². The minimum Gasteiger partial charge on any atom is -0.390 e. The fourth-order valence-corrected chi connectivity index (χ4v) is 3.90. The first-order chi connectivity index (χ1) is 12.3. The Labute approximate surface area is 156 Å². The lowest BCUT2D eigenvalue weighted by Crippen LogP contribution is -2.52. The zero-order valence-corrected chi connectivity index (χ0v) is 17.0. The van der Waals surface area contributed by atoms with Crippen LogP contribution in [0.2, 0.25) is 0 Å². The smallest absolute Gasteiger partial charge is 0.198 e. The van der Waals surface area contributed by atoms with Crippen LogP contribution in [0.3, 0.4) is 0 Å². The molecule has 0 amide bonds. The standard InChI is InChI=1S/C22H43N2O/c1-3-5-6-7-8-9-10-11-12-13-14-15-16-17-22-23-18-19-24(22,4-2)20-21-25/h9-10,25H,3-8,11-21H2,1-2H3/q+1/b10-9+. The van der Waals surface area contributed by atoms with Crippen molar-refractivity contribution in [3.8, 4) is 0 Å². The van der Waals surface area contributed by atoms with E-state index < -0.39 is 0 Å². The lowest BCUT2D eigenvalue weighted by molar-refractivity contribution is -0.835. The number of allylic oxidation sites excluding steroid dienone is 2. The fraction of sp³-hybridized carbons (Fsp3) is 0.864. The predicted molar refractivity (Wildman–Crippen MR) is 110 cm³/mol. The molecule has 1 heterocycles. The lowest BCUT2D eigenvalue weighted by atomic mass is 10.1. The topological polar surface area (TPSA) is 32.6 Å². The number of hydrogen-bond acceptors (Lipinski definition) is 2. The van der Waals surface area contributed by atoms with Crippen LogP contribution in [-0.2, 0) is 0 Å². The van der Waals surface area contributed by atoms with Gasteiger partial charge in [-0.1, -0.05) is 57.6 Å². The highest BCUT2D eigenvalue weighted by Crippen LogP contribution is 2.19. The number of rotatable bonds is 16. The van der Waals surface area contributed by atoms with Crippen LogP contribution in [0.15, 0.2) is 17.1 Å². The van der Waals surface area contributed by atoms with E-state index >= 15 is 0 Å². The summed E-state index contributed by atoms with van der Waals surface area (Å²) in [6.45, 7) is 8.74. The van der Waals surface area contributed by atoms with E-state index in [4.69, 9.17) is 4.99 Å². The van der Waals surface area contributed by atoms with Gasteiger partial charge in [0, 0.05) is 6.42 Å². The molecule has 146 valence electrons. The van der Waals surface area contributed by atoms with Crippen molar-refractivity contribution < 1.29 is 9.59 Å². The number of amidine groups is 1. The van der Waals surface area contributed by atoms with Crippen molar-refractivity contribution in [2.75, 3.05) is 32.8 Å². The summed E-state index contributed by atoms with van der Waals surface area (Å²) in [7, 11) is 0. The van der Waals surface area contributed by atoms with Crippen LogP contribution in [0.25, 0.3) is 0 Å². The number of quaternary nitrogens is 1. The van der Waals surface area contributed by atoms with Gasteiger partial charge in [0.05, 0.1) is 19.7 Å². The Kier molecular flexibility index (Phi) is 13.0. The summed E-state index contributed by atoms with van der Waals surface area (Å²) in [6.07, 6.45) is 20.5. The minimum absolute atomic E-state index is 0.277. The number of nitrogens with zero attached hydrogens (tertiary/aromatic N) is 2. The number of unbranched alkanes of at least 4 members (excludes halogenated alkanes) is 9. The Morgan fingerprint density at radius 2 is 1.56 bits per heavy atom. The third-order valence-electron chi connectivity index (χ3n) is 5.67. The van der Waals surface area contributed by atoms with E-state index in [0.29, 0.717) is 0 Å². The Morgan fingerprint density at radius 1 is 0.920 bits per heavy atom. The Hall–Kier alpha value is -0.670. The second kappa shape index (κ2) is 14.5. The molecule has 0 saturated heterocycles. The molecule has 0 bridgehead atoms. The largest absolute Gasteiger partial charge is 0.390 e. The second-order valence-electron chi connectivity index (χ2n) is 7.56. The molecule has 0 spiro atoms. The molecule has 3 nitrogen and oxygen atoms in total. The maximum absolute atomic E-state index is 9.35. The van der Waals surface area contributed by atoms with Crippen molar-refractivity contribution in [2.45, 2.75) is 90.9 Å². The molecule has 1 atom stereocenters. The van der Waals surface area contributed by atoms with Gasteiger partial charge in [-0.15, -0.1) is 0 Å². The molecule has 1 aliphatic heterocycles. The van der Waals surface area contributed by atoms with Crippen LogP contribution in [0.1, 0.15) is 90.9 Å². The van der Waals surface area contributed by atoms with E-state index in [1.807, 2.05) is 0 Å². The highest BCUT2D eigenvalue weighted by molar-refractivity contribution is 5.76. The van der Waals surface area contributed by atoms with Gasteiger partial charge in [0.15, 0.2) is 5.84 Å². The van der Waals surface area contributed by atoms with Gasteiger partial charge in [-0.3, -0.25) is 4.48 Å². The molecule has 0 aliphatic carbocycles. The van der Waals surface area contributed by atoms with E-state index in [-0.39, 0.29) is 6.61 Å². The third kappa shape index (κ3) is 9.01. The zero-order chi connectivity index (χ0) is 18.2. The second-order valence-corrected chi connectivity index (χ2v) is 7.56. The molecule has 0 aromatic rings. The molecule has 25 heavy (non-hydrogen) atoms. The summed E-state index contributed by atoms with van der Waals surface area (Å²) in [5.41, 5.74) is 0. The molecule has 0 saturated carbocycles. The number of aliphatic imine (C=N–C) groups is 1. The van der Waals surface area contributed by atoms with Crippen LogP contribution in [0.4, 0.5) is 0 Å². The first kappa shape index (κ1) is 22.4. The van der Waals surface area contributed by atoms with Crippen molar-refractivity contribution in [1.82, 2.24) is 0 Å². The van der Waals surface area contributed by atoms with E-state index in [9.17, 15) is 5.11 Å². The highest BCUT2D eigenvalue weighted by Gasteiger charge is 2.35. The normalized spacial score (nSPS) is 20.5. The maximum atomic E-state index is 9.35. The maximum Gasteiger partial charge on any atom is 0.198 e. The summed E-state index contributed by atoms with van der Waals surface area (Å²) >= 11 is 0. The van der Waals surface area contributed by atoms with Gasteiger partial charge in [-0.2, -0.15) is 0 Å². The number of likely N-dealkylation sites (N-methyl/N-ethyl adjacent to an activating group) is 1. The minimum atomic E-state index is 0.277. The average Bonchev–Trinajstić information content (AvgIpc) is 3.02. The predicted octanol–water partition coefficient (Wildman–Crippen LogP) is 5.48. The van der Waals surface area contributed by atoms with E-state index in [1.54, 1.807) is 0 Å². The monoisotopic (exact) mass is 351 g/mol. The quantitative estimate of drug-likeness (QED) is 0.223. The summed E-state index contributed by atoms with van der Waals surface area (Å²) in [5, 5.41) is 9.35. The van der Waals surface area contributed by atoms with Crippen LogP contribution in [-0.4, -0.2) is 48.2 Å². The summed E-state index contributed by atoms with van der Waals surface area (Å²) in [4.78, 5) is 4.74. The molecular weight excluding hydrogens is 308 g/mol. The van der Waals surface area contributed by atoms with Gasteiger partial charge in [0.25, 0.3) is 0 Å². The molecule has 0 fully saturated rings. The van der Waals surface area contributed by atoms with Gasteiger partial charge in [0.2, 0.25) is 0 Å². The van der Waals surface area contributed by atoms with Gasteiger partial charge < -0.3 is 5.11 Å². The van der Waals surface area contributed by atoms with E-state index in [2.05, 4.69) is 26.0 Å². The van der Waals surface area contributed by atoms with Gasteiger partial charge >= 0.3 is 0 Å². The molecular formula is C22H43N2O+. The number of hydrogen-bond donors (Lipinski definition) is 1. The van der Waals surface area contributed by atoms with Crippen LogP contribution >= 0.6 is 0 Å². The fourth-order valence-electron chi connectivity index (χ4n) is 3.90. The summed E-state index contributed by atoms with van der Waals surface area (Å²) < 4.78 is 0.944. The van der Waals surface area contributed by atoms with Crippen molar-refractivity contribution in [3.63, 3.8) is 0 Å². The van der Waals surface area contributed by atoms with Crippen LogP contribution < -0.4 is 0 Å². The van der Waals surface area contributed by atoms with Gasteiger partial charge in [-0.25, -0.2) is 4.99 Å². The molecule has 1 N–H and O–H groups in total. The number of aliphatic hydroxyl groups excluding tert-OH is 1. The van der Waals surface area contributed by atoms with Crippen molar-refractivity contribution in [3.05, 3.63) is 12.2 Å². The SMILES string of the molecule is CCCCCC/C=C/CCCCCCCC1=NCC[N+]1(CC)CCO. The zero-order valence-electron chi connectivity index (χ0n) is 17.0. The van der Waals surface area contributed by atoms with Gasteiger partial charge in [0.1, 0.15) is 13.1 Å². The Morgan fingerprint density at radius 3 is 2.20 bits per heavy atom. The molecule has 1 rings (SSSR count). The van der Waals surface area contributed by atoms with Crippen molar-refractivity contribution in [2.24, 2.45) is 4.99 Å². The Bertz CT molecular complexity index is 378. The van der Waals surface area contributed by atoms with E-state index in [1.165, 1.54) is 76.5 Å². The Balaban J connectivity index is 1.99. The molecule has 1 unspecified atom stereocenters. The number of aliphatic hydroxyl groups is 1. The van der Waals surface area contributed by atoms with E-state index in [0.717, 1.165) is 37.1 Å². The van der Waals surface area contributed by atoms with Crippen LogP contribution in [0, 0.1) is 0 Å². The highest BCUT2D eigenvalue weighted by atomic mass is 16.3. The van der Waals surface area contributed by atoms with Crippen LogP contribution in [0.5, 0.6) is 0 Å². The molecule has 3 heteroatoms. The summed E-state index contributed by atoms with van der Waals surface area (Å²) in [6, 6.07) is 0. The van der Waals surface area contributed by atoms with Crippen molar-refractivity contribution in [1.29, 1.82) is 0 Å². The lowest BCUT2D eigenvalue weighted by Gasteiger charge is -2.33. The molecule has 0 aromatic heterocycles. The summed E-state index contributed by atoms with van der Waals surface area (Å²) in [5.74, 6) is 1.35. The third-order valence-corrected chi connectivity index (χ3v) is 5.67.